The third-order valence-electron chi connectivity index (χ3n) is 1.54. The fourth-order valence-electron chi connectivity index (χ4n) is 0.772. The molecule has 0 aliphatic rings. The second kappa shape index (κ2) is 5.08. The average Bonchev–Trinajstić information content (AvgIpc) is 1.99. The number of carbonyl (C=O) groups is 2. The molecule has 0 rings (SSSR count). The highest BCUT2D eigenvalue weighted by Gasteiger charge is 2.28. The summed E-state index contributed by atoms with van der Waals surface area (Å²) >= 11 is 1.31. The number of aliphatic carboxylic acids is 2. The highest BCUT2D eigenvalue weighted by Crippen LogP contribution is 2.16. The van der Waals surface area contributed by atoms with Gasteiger partial charge in [0.1, 0.15) is 5.60 Å². The number of carboxylic acids is 2. The van der Waals surface area contributed by atoms with E-state index in [4.69, 9.17) is 0 Å². The fraction of sp³-hybridized carbons (Fsp3) is 0.714. The van der Waals surface area contributed by atoms with Crippen LogP contribution in [0.4, 0.5) is 0 Å². The second-order valence-corrected chi connectivity index (χ2v) is 3.60. The normalized spacial score (nSPS) is 14.9. The molecule has 0 radical (unpaired) electrons. The van der Waals surface area contributed by atoms with Gasteiger partial charge in [0.15, 0.2) is 0 Å². The molecule has 0 aliphatic carbocycles. The van der Waals surface area contributed by atoms with Gasteiger partial charge in [-0.15, -0.1) is 0 Å². The van der Waals surface area contributed by atoms with Gasteiger partial charge in [0.25, 0.3) is 0 Å². The van der Waals surface area contributed by atoms with Crippen molar-refractivity contribution in [3.8, 4) is 0 Å². The Hall–Kier alpha value is -0.750. The van der Waals surface area contributed by atoms with Gasteiger partial charge in [0.05, 0.1) is 5.97 Å². The lowest BCUT2D eigenvalue weighted by molar-refractivity contribution is -0.333. The van der Waals surface area contributed by atoms with Gasteiger partial charge in [-0.3, -0.25) is 0 Å². The van der Waals surface area contributed by atoms with Crippen molar-refractivity contribution in [3.63, 3.8) is 0 Å². The summed E-state index contributed by atoms with van der Waals surface area (Å²) in [5.74, 6) is -3.03. The predicted molar refractivity (Wildman–Crippen MR) is 42.6 cm³/mol. The van der Waals surface area contributed by atoms with Crippen LogP contribution < -0.4 is 10.2 Å². The van der Waals surface area contributed by atoms with Crippen LogP contribution in [-0.2, 0) is 9.59 Å². The zero-order valence-electron chi connectivity index (χ0n) is 7.11. The minimum atomic E-state index is -2.30. The molecule has 0 aromatic heterocycles. The molecule has 5 nitrogen and oxygen atoms in total. The Kier molecular flexibility index (Phi) is 4.79. The van der Waals surface area contributed by atoms with Gasteiger partial charge in [0.2, 0.25) is 0 Å². The van der Waals surface area contributed by atoms with E-state index in [9.17, 15) is 24.9 Å². The number of aliphatic hydroxyl groups is 1. The molecule has 0 spiro atoms. The molecule has 1 atom stereocenters. The number of rotatable bonds is 6. The van der Waals surface area contributed by atoms with Crippen molar-refractivity contribution in [2.75, 3.05) is 12.0 Å². The van der Waals surface area contributed by atoms with Crippen LogP contribution >= 0.6 is 11.8 Å². The molecule has 0 amide bonds. The van der Waals surface area contributed by atoms with Gasteiger partial charge in [-0.25, -0.2) is 0 Å². The van der Waals surface area contributed by atoms with E-state index in [1.54, 1.807) is 6.26 Å². The second-order valence-electron chi connectivity index (χ2n) is 2.61. The molecule has 76 valence electrons. The maximum atomic E-state index is 10.4. The van der Waals surface area contributed by atoms with Crippen LogP contribution in [0.2, 0.25) is 0 Å². The number of carbonyl (C=O) groups excluding carboxylic acids is 2. The SMILES string of the molecule is CSCCC(O)(CC(=O)[O-])C(=O)[O-]. The molecule has 0 saturated heterocycles. The third-order valence-corrected chi connectivity index (χ3v) is 2.15. The lowest BCUT2D eigenvalue weighted by Crippen LogP contribution is -2.51. The molecule has 6 heteroatoms. The zero-order valence-corrected chi connectivity index (χ0v) is 7.93. The first kappa shape index (κ1) is 12.2. The van der Waals surface area contributed by atoms with E-state index in [-0.39, 0.29) is 6.42 Å². The van der Waals surface area contributed by atoms with Gasteiger partial charge in [-0.1, -0.05) is 0 Å². The summed E-state index contributed by atoms with van der Waals surface area (Å²) in [7, 11) is 0. The zero-order chi connectivity index (χ0) is 10.5. The van der Waals surface area contributed by atoms with E-state index in [1.807, 2.05) is 0 Å². The summed E-state index contributed by atoms with van der Waals surface area (Å²) < 4.78 is 0. The van der Waals surface area contributed by atoms with Crippen LogP contribution in [0.1, 0.15) is 12.8 Å². The summed E-state index contributed by atoms with van der Waals surface area (Å²) in [6, 6.07) is 0. The molecule has 1 unspecified atom stereocenters. The average molecular weight is 206 g/mol. The molecule has 1 N–H and O–H groups in total. The molecule has 13 heavy (non-hydrogen) atoms. The van der Waals surface area contributed by atoms with Crippen molar-refractivity contribution in [1.82, 2.24) is 0 Å². The molecule has 0 aromatic rings. The van der Waals surface area contributed by atoms with E-state index in [0.29, 0.717) is 5.75 Å². The lowest BCUT2D eigenvalue weighted by atomic mass is 9.97. The van der Waals surface area contributed by atoms with Crippen LogP contribution in [0.15, 0.2) is 0 Å². The van der Waals surface area contributed by atoms with Crippen LogP contribution in [-0.4, -0.2) is 34.7 Å². The first-order valence-electron chi connectivity index (χ1n) is 3.55. The first-order valence-corrected chi connectivity index (χ1v) is 4.94. The Morgan fingerprint density at radius 1 is 1.46 bits per heavy atom. The van der Waals surface area contributed by atoms with Gasteiger partial charge < -0.3 is 24.9 Å². The van der Waals surface area contributed by atoms with Crippen molar-refractivity contribution in [2.45, 2.75) is 18.4 Å². The smallest absolute Gasteiger partial charge is 0.110 e. The van der Waals surface area contributed by atoms with E-state index in [1.165, 1.54) is 11.8 Å². The Morgan fingerprint density at radius 2 is 2.00 bits per heavy atom. The van der Waals surface area contributed by atoms with Crippen molar-refractivity contribution < 1.29 is 24.9 Å². The Labute approximate surface area is 79.8 Å². The van der Waals surface area contributed by atoms with Crippen molar-refractivity contribution >= 4 is 23.7 Å². The van der Waals surface area contributed by atoms with Crippen molar-refractivity contribution in [2.24, 2.45) is 0 Å². The van der Waals surface area contributed by atoms with Gasteiger partial charge >= 0.3 is 0 Å². The topological polar surface area (TPSA) is 100 Å². The first-order chi connectivity index (χ1) is 5.92. The monoisotopic (exact) mass is 206 g/mol. The number of hydrogen-bond donors (Lipinski definition) is 1. The van der Waals surface area contributed by atoms with Gasteiger partial charge in [-0.05, 0) is 18.4 Å². The molecule has 0 heterocycles. The lowest BCUT2D eigenvalue weighted by Gasteiger charge is -2.29. The summed E-state index contributed by atoms with van der Waals surface area (Å²) in [5.41, 5.74) is -2.30. The number of hydrogen-bond acceptors (Lipinski definition) is 6. The fourth-order valence-corrected chi connectivity index (χ4v) is 1.31. The maximum Gasteiger partial charge on any atom is 0.110 e. The predicted octanol–water partition coefficient (Wildman–Crippen LogP) is -2.64. The Balaban J connectivity index is 4.34. The number of thioether (sulfide) groups is 1. The molecule has 0 aromatic carbocycles. The molecular formula is C7H10O5S-2. The van der Waals surface area contributed by atoms with Gasteiger partial charge in [-0.2, -0.15) is 11.8 Å². The van der Waals surface area contributed by atoms with Crippen molar-refractivity contribution in [3.05, 3.63) is 0 Å². The molecule has 0 saturated carbocycles. The largest absolute Gasteiger partial charge is 0.550 e. The summed E-state index contributed by atoms with van der Waals surface area (Å²) in [6.45, 7) is 0. The minimum absolute atomic E-state index is 0.162. The molecule has 0 aliphatic heterocycles. The molecule has 0 bridgehead atoms. The van der Waals surface area contributed by atoms with E-state index < -0.39 is 24.0 Å². The quantitative estimate of drug-likeness (QED) is 0.510. The maximum absolute atomic E-state index is 10.4. The van der Waals surface area contributed by atoms with Gasteiger partial charge in [0, 0.05) is 12.4 Å². The van der Waals surface area contributed by atoms with E-state index in [2.05, 4.69) is 0 Å². The van der Waals surface area contributed by atoms with Crippen LogP contribution in [0, 0.1) is 0 Å². The van der Waals surface area contributed by atoms with E-state index >= 15 is 0 Å². The highest BCUT2D eigenvalue weighted by molar-refractivity contribution is 7.98. The molecule has 0 fully saturated rings. The highest BCUT2D eigenvalue weighted by atomic mass is 32.2. The van der Waals surface area contributed by atoms with Crippen LogP contribution in [0.3, 0.4) is 0 Å². The number of carboxylic acid groups (broad SMARTS) is 2. The Bertz CT molecular complexity index is 205. The summed E-state index contributed by atoms with van der Waals surface area (Å²) in [4.78, 5) is 20.5. The molecular weight excluding hydrogens is 196 g/mol. The Morgan fingerprint density at radius 3 is 2.31 bits per heavy atom. The third kappa shape index (κ3) is 4.14. The summed E-state index contributed by atoms with van der Waals surface area (Å²) in [6.07, 6.45) is 0.620. The van der Waals surface area contributed by atoms with Crippen LogP contribution in [0.25, 0.3) is 0 Å². The standard InChI is InChI=1S/C7H12O5S/c1-13-3-2-7(12,6(10)11)4-5(8)9/h12H,2-4H2,1H3,(H,8,9)(H,10,11)/p-2. The summed E-state index contributed by atoms with van der Waals surface area (Å²) in [5, 5.41) is 29.8. The van der Waals surface area contributed by atoms with Crippen LogP contribution in [0.5, 0.6) is 0 Å². The van der Waals surface area contributed by atoms with E-state index in [0.717, 1.165) is 0 Å². The van der Waals surface area contributed by atoms with Crippen molar-refractivity contribution in [1.29, 1.82) is 0 Å². The minimum Gasteiger partial charge on any atom is -0.550 e.